The van der Waals surface area contributed by atoms with Gasteiger partial charge in [-0.15, -0.1) is 0 Å². The first-order valence-corrected chi connectivity index (χ1v) is 12.2. The summed E-state index contributed by atoms with van der Waals surface area (Å²) >= 11 is -6.22. The molecular weight excluding hydrogens is 474 g/mol. The van der Waals surface area contributed by atoms with Crippen molar-refractivity contribution in [3.05, 3.63) is 0 Å². The molecule has 30 heavy (non-hydrogen) atoms. The molecule has 0 radical (unpaired) electrons. The van der Waals surface area contributed by atoms with Crippen LogP contribution in [-0.2, 0) is 59.8 Å². The second-order valence-electron chi connectivity index (χ2n) is 7.30. The third kappa shape index (κ3) is 5.42. The summed E-state index contributed by atoms with van der Waals surface area (Å²) < 4.78 is 101. The Morgan fingerprint density at radius 1 is 1.20 bits per heavy atom. The van der Waals surface area contributed by atoms with Crippen molar-refractivity contribution in [2.75, 3.05) is 6.61 Å². The molecule has 3 aliphatic rings. The van der Waals surface area contributed by atoms with Crippen LogP contribution in [0.4, 0.5) is 0 Å². The van der Waals surface area contributed by atoms with Gasteiger partial charge in [0.1, 0.15) is 18.3 Å². The van der Waals surface area contributed by atoms with E-state index in [4.69, 9.17) is 22.6 Å². The molecule has 14 nitrogen and oxygen atoms in total. The van der Waals surface area contributed by atoms with Crippen molar-refractivity contribution in [2.45, 2.75) is 75.3 Å². The molecule has 17 heteroatoms. The number of fused-ring (bicyclic) bond motifs is 1. The van der Waals surface area contributed by atoms with E-state index in [0.717, 1.165) is 6.42 Å². The molecule has 0 amide bonds. The van der Waals surface area contributed by atoms with E-state index >= 15 is 0 Å². The fourth-order valence-corrected chi connectivity index (χ4v) is 5.15. The van der Waals surface area contributed by atoms with Crippen LogP contribution < -0.4 is 4.72 Å². The second-order valence-corrected chi connectivity index (χ2v) is 9.84. The van der Waals surface area contributed by atoms with Crippen LogP contribution in [0, 0.1) is 0 Å². The molecule has 2 heterocycles. The van der Waals surface area contributed by atoms with E-state index in [1.807, 2.05) is 4.72 Å². The number of ether oxygens (including phenoxy) is 3. The molecule has 1 aliphatic carbocycles. The Morgan fingerprint density at radius 3 is 2.37 bits per heavy atom. The highest BCUT2D eigenvalue weighted by Gasteiger charge is 2.66. The van der Waals surface area contributed by atoms with Crippen LogP contribution in [0.2, 0.25) is 0 Å². The van der Waals surface area contributed by atoms with Gasteiger partial charge < -0.3 is 28.4 Å². The number of nitrogens with one attached hydrogen (secondary N) is 1. The average molecular weight is 496 g/mol. The smallest absolute Gasteiger partial charge is 0.338 e. The fourth-order valence-electron chi connectivity index (χ4n) is 3.33. The van der Waals surface area contributed by atoms with Gasteiger partial charge in [-0.05, 0) is 33.1 Å². The minimum absolute atomic E-state index is 0.531. The molecule has 1 saturated carbocycles. The quantitative estimate of drug-likeness (QED) is 0.261. The van der Waals surface area contributed by atoms with Gasteiger partial charge in [0.25, 0.3) is 0 Å². The summed E-state index contributed by atoms with van der Waals surface area (Å²) in [6.45, 7) is 2.12. The van der Waals surface area contributed by atoms with Crippen molar-refractivity contribution in [3.63, 3.8) is 0 Å². The van der Waals surface area contributed by atoms with E-state index in [2.05, 4.69) is 4.18 Å². The SMILES string of the molecule is CC1(C)O[C@H]2[C@H](OS(=O)[O-])[C@H](OS(=O)[O-])CO[C@@]2(C(O)NS(=O)(=O)OC2CCC2)O1. The summed E-state index contributed by atoms with van der Waals surface area (Å²) in [4.78, 5) is 0. The monoisotopic (exact) mass is 495 g/mol. The van der Waals surface area contributed by atoms with Gasteiger partial charge in [-0.25, -0.2) is 8.42 Å². The molecule has 0 bridgehead atoms. The maximum atomic E-state index is 12.2. The lowest BCUT2D eigenvalue weighted by Crippen LogP contribution is -2.68. The summed E-state index contributed by atoms with van der Waals surface area (Å²) in [6, 6.07) is 0. The van der Waals surface area contributed by atoms with Crippen molar-refractivity contribution in [1.29, 1.82) is 0 Å². The first-order valence-electron chi connectivity index (χ1n) is 8.77. The maximum Gasteiger partial charge on any atom is 0.338 e. The number of hydrogen-bond acceptors (Lipinski definition) is 13. The Kier molecular flexibility index (Phi) is 7.35. The molecular formula is C13H21NO13S3-2. The Hall–Kier alpha value is -0.150. The zero-order valence-corrected chi connectivity index (χ0v) is 18.2. The molecule has 3 fully saturated rings. The topological polar surface area (TPSA) is 202 Å². The van der Waals surface area contributed by atoms with Gasteiger partial charge in [0.05, 0.1) is 35.4 Å². The van der Waals surface area contributed by atoms with E-state index in [9.17, 15) is 31.0 Å². The summed E-state index contributed by atoms with van der Waals surface area (Å²) in [7, 11) is -4.45. The van der Waals surface area contributed by atoms with Crippen LogP contribution in [0.15, 0.2) is 0 Å². The number of rotatable bonds is 9. The van der Waals surface area contributed by atoms with E-state index in [1.165, 1.54) is 13.8 Å². The van der Waals surface area contributed by atoms with E-state index in [0.29, 0.717) is 12.8 Å². The van der Waals surface area contributed by atoms with Gasteiger partial charge in [0, 0.05) is 0 Å². The van der Waals surface area contributed by atoms with Gasteiger partial charge >= 0.3 is 10.3 Å². The van der Waals surface area contributed by atoms with Gasteiger partial charge in [-0.3, -0.25) is 12.5 Å². The predicted octanol–water partition coefficient (Wildman–Crippen LogP) is -2.06. The Morgan fingerprint density at radius 2 is 1.83 bits per heavy atom. The van der Waals surface area contributed by atoms with Gasteiger partial charge in [0.15, 0.2) is 12.0 Å². The van der Waals surface area contributed by atoms with Crippen molar-refractivity contribution < 1.29 is 57.8 Å². The lowest BCUT2D eigenvalue weighted by Gasteiger charge is -2.45. The Labute approximate surface area is 177 Å². The maximum absolute atomic E-state index is 12.2. The van der Waals surface area contributed by atoms with Crippen LogP contribution in [0.5, 0.6) is 0 Å². The first kappa shape index (κ1) is 24.5. The Balaban J connectivity index is 1.87. The summed E-state index contributed by atoms with van der Waals surface area (Å²) in [5.41, 5.74) is 0. The summed E-state index contributed by atoms with van der Waals surface area (Å²) in [5.74, 6) is -3.81. The lowest BCUT2D eigenvalue weighted by molar-refractivity contribution is -0.324. The number of aliphatic hydroxyl groups is 1. The third-order valence-electron chi connectivity index (χ3n) is 4.69. The lowest BCUT2D eigenvalue weighted by atomic mass is 9.96. The third-order valence-corrected chi connectivity index (χ3v) is 6.52. The molecule has 0 aromatic rings. The first-order chi connectivity index (χ1) is 13.8. The van der Waals surface area contributed by atoms with Crippen molar-refractivity contribution >= 4 is 33.0 Å². The molecule has 0 spiro atoms. The highest BCUT2D eigenvalue weighted by Crippen LogP contribution is 2.45. The highest BCUT2D eigenvalue weighted by molar-refractivity contribution is 7.84. The standard InChI is InChI=1S/C13H23NO13S3/c1-12(2)23-10-9(25-29(18)19)8(24-28(16)17)6-22-13(10,27-12)11(15)14-30(20,21)26-7-4-3-5-7/h7-11,14-15H,3-6H2,1-2H3,(H,16,17)(H,18,19)/p-2/t8-,9-,10+,11?,13-/m1/s1. The summed E-state index contributed by atoms with van der Waals surface area (Å²) in [6.07, 6.45) is -5.58. The average Bonchev–Trinajstić information content (AvgIpc) is 2.84. The minimum Gasteiger partial charge on any atom is -0.750 e. The molecule has 2 N–H and O–H groups in total. The van der Waals surface area contributed by atoms with Gasteiger partial charge in [0.2, 0.25) is 5.79 Å². The molecule has 7 atom stereocenters. The van der Waals surface area contributed by atoms with Gasteiger partial charge in [-0.1, -0.05) is 0 Å². The largest absolute Gasteiger partial charge is 0.750 e. The predicted molar refractivity (Wildman–Crippen MR) is 93.1 cm³/mol. The Bertz CT molecular complexity index is 787. The van der Waals surface area contributed by atoms with E-state index < -0.39 is 81.9 Å². The second kappa shape index (κ2) is 9.00. The molecule has 0 aromatic carbocycles. The van der Waals surface area contributed by atoms with Gasteiger partial charge in [-0.2, -0.15) is 13.1 Å². The van der Waals surface area contributed by atoms with Crippen molar-refractivity contribution in [1.82, 2.24) is 4.72 Å². The zero-order chi connectivity index (χ0) is 22.3. The molecule has 0 aromatic heterocycles. The normalized spacial score (nSPS) is 37.2. The molecule has 176 valence electrons. The van der Waals surface area contributed by atoms with Crippen LogP contribution in [-0.4, -0.2) is 79.9 Å². The summed E-state index contributed by atoms with van der Waals surface area (Å²) in [5, 5.41) is 10.7. The zero-order valence-electron chi connectivity index (χ0n) is 15.8. The van der Waals surface area contributed by atoms with Crippen LogP contribution in [0.3, 0.4) is 0 Å². The van der Waals surface area contributed by atoms with Crippen LogP contribution in [0.1, 0.15) is 33.1 Å². The highest BCUT2D eigenvalue weighted by atomic mass is 32.2. The molecule has 2 aliphatic heterocycles. The fraction of sp³-hybridized carbons (Fsp3) is 1.00. The molecule has 2 saturated heterocycles. The number of aliphatic hydroxyl groups excluding tert-OH is 1. The number of hydrogen-bond donors (Lipinski definition) is 2. The van der Waals surface area contributed by atoms with E-state index in [1.54, 1.807) is 0 Å². The van der Waals surface area contributed by atoms with Crippen molar-refractivity contribution in [3.8, 4) is 0 Å². The van der Waals surface area contributed by atoms with Crippen molar-refractivity contribution in [2.24, 2.45) is 0 Å². The van der Waals surface area contributed by atoms with E-state index in [-0.39, 0.29) is 0 Å². The molecule has 3 unspecified atom stereocenters. The molecule has 3 rings (SSSR count). The van der Waals surface area contributed by atoms with Crippen LogP contribution >= 0.6 is 0 Å². The minimum atomic E-state index is -4.45. The van der Waals surface area contributed by atoms with Crippen LogP contribution in [0.25, 0.3) is 0 Å².